The molecule has 1 saturated heterocycles. The molecule has 1 aliphatic rings. The van der Waals surface area contributed by atoms with Gasteiger partial charge in [0.1, 0.15) is 0 Å². The van der Waals surface area contributed by atoms with Gasteiger partial charge < -0.3 is 25.8 Å². The van der Waals surface area contributed by atoms with Crippen LogP contribution in [0.15, 0.2) is 36.4 Å². The van der Waals surface area contributed by atoms with Gasteiger partial charge in [0.05, 0.1) is 5.41 Å². The summed E-state index contributed by atoms with van der Waals surface area (Å²) in [5.41, 5.74) is 13.1. The lowest BCUT2D eigenvalue weighted by Gasteiger charge is -2.35. The molecule has 2 heterocycles. The highest BCUT2D eigenvalue weighted by molar-refractivity contribution is 5.94. The van der Waals surface area contributed by atoms with Crippen LogP contribution >= 0.6 is 0 Å². The lowest BCUT2D eigenvalue weighted by Crippen LogP contribution is -2.53. The first kappa shape index (κ1) is 30.6. The number of amides is 1. The molecular weight excluding hydrogens is 510 g/mol. The molecule has 0 unspecified atom stereocenters. The first-order valence-corrected chi connectivity index (χ1v) is 15.1. The molecule has 222 valence electrons. The van der Waals surface area contributed by atoms with Gasteiger partial charge in [-0.2, -0.15) is 0 Å². The van der Waals surface area contributed by atoms with E-state index in [1.165, 1.54) is 22.3 Å². The largest absolute Gasteiger partial charge is 0.356 e. The van der Waals surface area contributed by atoms with E-state index in [-0.39, 0.29) is 5.91 Å². The van der Waals surface area contributed by atoms with Crippen molar-refractivity contribution in [2.45, 2.75) is 53.4 Å². The summed E-state index contributed by atoms with van der Waals surface area (Å²) in [6.45, 7) is 19.6. The third-order valence-electron chi connectivity index (χ3n) is 8.52. The van der Waals surface area contributed by atoms with Crippen LogP contribution < -0.4 is 11.1 Å². The van der Waals surface area contributed by atoms with Crippen molar-refractivity contribution < 1.29 is 4.79 Å². The van der Waals surface area contributed by atoms with Crippen LogP contribution in [0.1, 0.15) is 49.9 Å². The molecule has 1 aliphatic heterocycles. The zero-order chi connectivity index (χ0) is 29.7. The van der Waals surface area contributed by atoms with Gasteiger partial charge in [0.15, 0.2) is 5.96 Å². The van der Waals surface area contributed by atoms with Gasteiger partial charge in [-0.3, -0.25) is 15.1 Å². The fourth-order valence-electron chi connectivity index (χ4n) is 6.09. The van der Waals surface area contributed by atoms with Crippen molar-refractivity contribution in [3.8, 4) is 11.3 Å². The minimum Gasteiger partial charge on any atom is -0.356 e. The molecule has 0 spiro atoms. The van der Waals surface area contributed by atoms with Crippen LogP contribution in [-0.2, 0) is 16.6 Å². The molecule has 3 aromatic rings. The fraction of sp³-hybridized carbons (Fsp3) is 0.515. The third-order valence-corrected chi connectivity index (χ3v) is 8.52. The van der Waals surface area contributed by atoms with Gasteiger partial charge in [-0.25, -0.2) is 0 Å². The Morgan fingerprint density at radius 3 is 2.32 bits per heavy atom. The SMILES string of the molecule is CCN(CC)C(=O)C(C)(C)c1ccc2[nH]c(-c3cc(C)cc(C)c3)c(CCNC(=N)N3CCN(CCN)CC3)c2c1. The molecule has 0 atom stereocenters. The minimum atomic E-state index is -0.638. The molecule has 0 bridgehead atoms. The minimum absolute atomic E-state index is 0.148. The number of carbonyl (C=O) groups excluding carboxylic acids is 1. The summed E-state index contributed by atoms with van der Waals surface area (Å²) in [5.74, 6) is 0.631. The number of nitrogens with one attached hydrogen (secondary N) is 3. The van der Waals surface area contributed by atoms with Crippen molar-refractivity contribution in [1.29, 1.82) is 5.41 Å². The topological polar surface area (TPSA) is 104 Å². The van der Waals surface area contributed by atoms with E-state index < -0.39 is 5.41 Å². The summed E-state index contributed by atoms with van der Waals surface area (Å²) in [6.07, 6.45) is 0.756. The van der Waals surface area contributed by atoms with E-state index in [0.29, 0.717) is 32.1 Å². The molecule has 5 N–H and O–H groups in total. The summed E-state index contributed by atoms with van der Waals surface area (Å²) in [5, 5.41) is 13.2. The van der Waals surface area contributed by atoms with Crippen molar-refractivity contribution in [3.05, 3.63) is 58.7 Å². The zero-order valence-corrected chi connectivity index (χ0v) is 25.9. The predicted molar refractivity (Wildman–Crippen MR) is 171 cm³/mol. The lowest BCUT2D eigenvalue weighted by molar-refractivity contribution is -0.135. The molecule has 41 heavy (non-hydrogen) atoms. The van der Waals surface area contributed by atoms with E-state index >= 15 is 0 Å². The second-order valence-corrected chi connectivity index (χ2v) is 11.9. The van der Waals surface area contributed by atoms with E-state index in [4.69, 9.17) is 11.1 Å². The molecule has 0 aliphatic carbocycles. The number of guanidine groups is 1. The molecule has 1 fully saturated rings. The number of H-pyrrole nitrogens is 1. The number of hydrogen-bond acceptors (Lipinski definition) is 4. The Bertz CT molecular complexity index is 1340. The number of aromatic amines is 1. The number of benzene rings is 2. The highest BCUT2D eigenvalue weighted by atomic mass is 16.2. The van der Waals surface area contributed by atoms with E-state index in [0.717, 1.165) is 61.3 Å². The second kappa shape index (κ2) is 13.1. The van der Waals surface area contributed by atoms with Crippen LogP contribution in [0.2, 0.25) is 0 Å². The highest BCUT2D eigenvalue weighted by Gasteiger charge is 2.33. The van der Waals surface area contributed by atoms with Gasteiger partial charge in [0.2, 0.25) is 5.91 Å². The van der Waals surface area contributed by atoms with E-state index in [9.17, 15) is 4.79 Å². The third kappa shape index (κ3) is 6.76. The molecule has 4 rings (SSSR count). The number of fused-ring (bicyclic) bond motifs is 1. The summed E-state index contributed by atoms with van der Waals surface area (Å²) in [7, 11) is 0. The predicted octanol–water partition coefficient (Wildman–Crippen LogP) is 4.24. The van der Waals surface area contributed by atoms with Gasteiger partial charge in [0.25, 0.3) is 0 Å². The van der Waals surface area contributed by atoms with Gasteiger partial charge in [0, 0.05) is 75.5 Å². The maximum Gasteiger partial charge on any atom is 0.232 e. The summed E-state index contributed by atoms with van der Waals surface area (Å²) in [4.78, 5) is 23.6. The second-order valence-electron chi connectivity index (χ2n) is 11.9. The summed E-state index contributed by atoms with van der Waals surface area (Å²) in [6, 6.07) is 13.1. The Morgan fingerprint density at radius 2 is 1.71 bits per heavy atom. The zero-order valence-electron chi connectivity index (χ0n) is 25.9. The van der Waals surface area contributed by atoms with Gasteiger partial charge in [-0.05, 0) is 88.9 Å². The lowest BCUT2D eigenvalue weighted by atomic mass is 9.82. The summed E-state index contributed by atoms with van der Waals surface area (Å²) >= 11 is 0. The monoisotopic (exact) mass is 559 g/mol. The molecular formula is C33H49N7O. The first-order valence-electron chi connectivity index (χ1n) is 15.1. The van der Waals surface area contributed by atoms with Gasteiger partial charge in [-0.1, -0.05) is 23.3 Å². The highest BCUT2D eigenvalue weighted by Crippen LogP contribution is 2.35. The molecule has 8 nitrogen and oxygen atoms in total. The number of nitrogens with two attached hydrogens (primary N) is 1. The molecule has 2 aromatic carbocycles. The average Bonchev–Trinajstić information content (AvgIpc) is 3.31. The van der Waals surface area contributed by atoms with Crippen molar-refractivity contribution in [2.75, 3.05) is 58.9 Å². The van der Waals surface area contributed by atoms with Crippen LogP contribution in [0.4, 0.5) is 0 Å². The Hall–Kier alpha value is -3.36. The fourth-order valence-corrected chi connectivity index (χ4v) is 6.09. The molecule has 8 heteroatoms. The van der Waals surface area contributed by atoms with E-state index in [2.05, 4.69) is 70.3 Å². The first-order chi connectivity index (χ1) is 19.6. The van der Waals surface area contributed by atoms with Crippen molar-refractivity contribution in [3.63, 3.8) is 0 Å². The Balaban J connectivity index is 1.63. The van der Waals surface area contributed by atoms with E-state index in [1.807, 2.05) is 32.6 Å². The number of rotatable bonds is 10. The normalized spacial score (nSPS) is 14.5. The quantitative estimate of drug-likeness (QED) is 0.220. The van der Waals surface area contributed by atoms with Crippen LogP contribution in [0.25, 0.3) is 22.2 Å². The van der Waals surface area contributed by atoms with Crippen LogP contribution in [0, 0.1) is 19.3 Å². The molecule has 0 radical (unpaired) electrons. The van der Waals surface area contributed by atoms with E-state index in [1.54, 1.807) is 0 Å². The molecule has 1 amide bonds. The Kier molecular flexibility index (Phi) is 9.76. The number of likely N-dealkylation sites (N-methyl/N-ethyl adjacent to an activating group) is 1. The van der Waals surface area contributed by atoms with Crippen molar-refractivity contribution in [2.24, 2.45) is 5.73 Å². The summed E-state index contributed by atoms with van der Waals surface area (Å²) < 4.78 is 0. The number of aromatic nitrogens is 1. The standard InChI is InChI=1S/C33H49N7O/c1-7-39(8-2)31(41)33(5,6)26-9-10-29-28(22-26)27(30(37-29)25-20-23(3)19-24(4)21-25)11-13-36-32(35)40-17-15-38(14-12-34)16-18-40/h9-10,19-22,37H,7-8,11-18,34H2,1-6H3,(H2,35,36). The van der Waals surface area contributed by atoms with Gasteiger partial charge >= 0.3 is 0 Å². The van der Waals surface area contributed by atoms with Crippen LogP contribution in [-0.4, -0.2) is 90.5 Å². The number of hydrogen-bond donors (Lipinski definition) is 4. The molecule has 0 saturated carbocycles. The maximum absolute atomic E-state index is 13.5. The number of carbonyl (C=O) groups is 1. The molecule has 1 aromatic heterocycles. The Morgan fingerprint density at radius 1 is 1.05 bits per heavy atom. The van der Waals surface area contributed by atoms with Crippen molar-refractivity contribution >= 4 is 22.8 Å². The smallest absolute Gasteiger partial charge is 0.232 e. The average molecular weight is 560 g/mol. The van der Waals surface area contributed by atoms with Crippen LogP contribution in [0.3, 0.4) is 0 Å². The Labute approximate surface area is 245 Å². The number of aryl methyl sites for hydroxylation is 2. The van der Waals surface area contributed by atoms with Gasteiger partial charge in [-0.15, -0.1) is 0 Å². The number of nitrogens with zero attached hydrogens (tertiary/aromatic N) is 3. The maximum atomic E-state index is 13.5. The number of piperazine rings is 1. The van der Waals surface area contributed by atoms with Crippen molar-refractivity contribution in [1.82, 2.24) is 25.0 Å². The van der Waals surface area contributed by atoms with Crippen LogP contribution in [0.5, 0.6) is 0 Å².